The maximum absolute atomic E-state index is 13.4. The lowest BCUT2D eigenvalue weighted by Gasteiger charge is -2.00. The van der Waals surface area contributed by atoms with Crippen LogP contribution in [0, 0.1) is 12.7 Å². The molecule has 8 heteroatoms. The SMILES string of the molecule is C[n+]1c2cc(F)ccc2cc2[nH]c3ccccc3c21.C[n+]1c2ccc(Br)cc2cc2[nH]c3ccccc3c21.Cc1ccc2cc3[nH]c4ccccc4c3[n+](C)c2c1. The molecule has 0 atom stereocenters. The third-order valence-electron chi connectivity index (χ3n) is 11.3. The Kier molecular flexibility index (Phi) is 8.27. The number of aryl methyl sites for hydroxylation is 4. The Morgan fingerprint density at radius 3 is 1.39 bits per heavy atom. The fourth-order valence-corrected chi connectivity index (χ4v) is 8.99. The van der Waals surface area contributed by atoms with Gasteiger partial charge in [-0.25, -0.2) is 4.39 Å². The molecule has 0 saturated carbocycles. The number of aromatic amines is 3. The summed E-state index contributed by atoms with van der Waals surface area (Å²) in [6.07, 6.45) is 0. The molecule has 0 unspecified atom stereocenters. The Morgan fingerprint density at radius 1 is 0.421 bits per heavy atom. The van der Waals surface area contributed by atoms with E-state index in [9.17, 15) is 4.39 Å². The van der Waals surface area contributed by atoms with Gasteiger partial charge >= 0.3 is 0 Å². The van der Waals surface area contributed by atoms with Gasteiger partial charge in [0.1, 0.15) is 43.5 Å². The summed E-state index contributed by atoms with van der Waals surface area (Å²) in [6.45, 7) is 2.14. The Morgan fingerprint density at radius 2 is 0.860 bits per heavy atom. The van der Waals surface area contributed by atoms with Gasteiger partial charge in [-0.3, -0.25) is 0 Å². The molecule has 0 aliphatic heterocycles. The molecule has 0 aliphatic rings. The molecule has 0 bridgehead atoms. The van der Waals surface area contributed by atoms with Crippen molar-refractivity contribution >= 4 is 114 Å². The maximum atomic E-state index is 13.4. The van der Waals surface area contributed by atoms with Gasteiger partial charge < -0.3 is 15.0 Å². The predicted molar refractivity (Wildman–Crippen MR) is 236 cm³/mol. The minimum Gasteiger partial charge on any atom is -0.349 e. The van der Waals surface area contributed by atoms with Crippen molar-refractivity contribution in [3.8, 4) is 0 Å². The molecule has 0 radical (unpaired) electrons. The standard InChI is InChI=1S/C17H14N2.C16H11BrN2.C16H11FN2/c1-11-7-8-12-10-15-17(19(2)16(12)9-11)13-5-3-4-6-14(13)18-15;1-19-15-7-6-11(17)8-10(15)9-14-16(19)12-4-2-3-5-13(12)18-14;1-19-15-9-11(17)7-6-10(15)8-14-16(19)12-4-2-3-5-13(12)18-14/h3-10H,1-2H3;2*2-9H,1H3/p+3. The van der Waals surface area contributed by atoms with E-state index in [0.717, 1.165) is 37.3 Å². The van der Waals surface area contributed by atoms with E-state index in [0.29, 0.717) is 0 Å². The number of hydrogen-bond donors (Lipinski definition) is 3. The minimum absolute atomic E-state index is 0.206. The highest BCUT2D eigenvalue weighted by atomic mass is 79.9. The van der Waals surface area contributed by atoms with Crippen molar-refractivity contribution in [3.63, 3.8) is 0 Å². The normalized spacial score (nSPS) is 11.7. The summed E-state index contributed by atoms with van der Waals surface area (Å²) in [5.74, 6) is -0.206. The lowest BCUT2D eigenvalue weighted by molar-refractivity contribution is -0.617. The van der Waals surface area contributed by atoms with Gasteiger partial charge in [-0.1, -0.05) is 58.4 Å². The molecule has 12 aromatic rings. The molecule has 6 nitrogen and oxygen atoms in total. The maximum Gasteiger partial charge on any atom is 0.238 e. The van der Waals surface area contributed by atoms with Crippen LogP contribution in [0.25, 0.3) is 98.5 Å². The van der Waals surface area contributed by atoms with Crippen LogP contribution in [-0.4, -0.2) is 15.0 Å². The smallest absolute Gasteiger partial charge is 0.238 e. The second kappa shape index (κ2) is 13.5. The Bertz CT molecular complexity index is 3390. The molecule has 6 aromatic heterocycles. The van der Waals surface area contributed by atoms with Crippen LogP contribution in [0.15, 0.2) is 150 Å². The van der Waals surface area contributed by atoms with Crippen LogP contribution >= 0.6 is 15.9 Å². The average Bonchev–Trinajstić information content (AvgIpc) is 3.90. The topological polar surface area (TPSA) is 59.0 Å². The zero-order valence-electron chi connectivity index (χ0n) is 32.0. The fraction of sp³-hybridized carbons (Fsp3) is 0.0816. The summed E-state index contributed by atoms with van der Waals surface area (Å²) < 4.78 is 21.1. The highest BCUT2D eigenvalue weighted by Crippen LogP contribution is 2.29. The Balaban J connectivity index is 0.000000104. The highest BCUT2D eigenvalue weighted by molar-refractivity contribution is 9.10. The van der Waals surface area contributed by atoms with E-state index in [1.54, 1.807) is 6.07 Å². The van der Waals surface area contributed by atoms with E-state index < -0.39 is 0 Å². The number of nitrogens with one attached hydrogen (secondary N) is 3. The van der Waals surface area contributed by atoms with Crippen LogP contribution in [0.3, 0.4) is 0 Å². The van der Waals surface area contributed by atoms with E-state index in [2.05, 4.69) is 176 Å². The summed E-state index contributed by atoms with van der Waals surface area (Å²) in [5, 5.41) is 7.24. The zero-order chi connectivity index (χ0) is 38.9. The average molecular weight is 811 g/mol. The number of para-hydroxylation sites is 3. The highest BCUT2D eigenvalue weighted by Gasteiger charge is 2.19. The molecular formula is C49H39BrFN6+3. The second-order valence-electron chi connectivity index (χ2n) is 14.9. The zero-order valence-corrected chi connectivity index (χ0v) is 33.5. The first-order chi connectivity index (χ1) is 27.7. The van der Waals surface area contributed by atoms with Gasteiger partial charge in [0.2, 0.25) is 33.1 Å². The number of H-pyrrole nitrogens is 3. The van der Waals surface area contributed by atoms with Gasteiger partial charge in [-0.2, -0.15) is 13.7 Å². The van der Waals surface area contributed by atoms with Crippen molar-refractivity contribution in [2.45, 2.75) is 6.92 Å². The van der Waals surface area contributed by atoms with Crippen LogP contribution in [0.2, 0.25) is 0 Å². The van der Waals surface area contributed by atoms with Crippen LogP contribution in [-0.2, 0) is 21.1 Å². The number of nitrogens with zero attached hydrogens (tertiary/aromatic N) is 3. The molecule has 0 fully saturated rings. The number of benzene rings is 6. The summed E-state index contributed by atoms with van der Waals surface area (Å²) in [7, 11) is 6.24. The van der Waals surface area contributed by atoms with Gasteiger partial charge in [-0.05, 0) is 97.4 Å². The molecule has 276 valence electrons. The first-order valence-electron chi connectivity index (χ1n) is 19.0. The molecule has 6 heterocycles. The van der Waals surface area contributed by atoms with E-state index in [-0.39, 0.29) is 5.82 Å². The minimum atomic E-state index is -0.206. The number of rotatable bonds is 0. The third kappa shape index (κ3) is 5.87. The van der Waals surface area contributed by atoms with Crippen molar-refractivity contribution in [3.05, 3.63) is 161 Å². The predicted octanol–water partition coefficient (Wildman–Crippen LogP) is 11.1. The van der Waals surface area contributed by atoms with Crippen molar-refractivity contribution in [2.24, 2.45) is 21.1 Å². The first-order valence-corrected chi connectivity index (χ1v) is 19.8. The molecule has 0 aliphatic carbocycles. The molecule has 0 saturated heterocycles. The van der Waals surface area contributed by atoms with Gasteiger partial charge in [-0.15, -0.1) is 0 Å². The molecule has 57 heavy (non-hydrogen) atoms. The number of halogens is 2. The lowest BCUT2D eigenvalue weighted by Crippen LogP contribution is -2.29. The van der Waals surface area contributed by atoms with Gasteiger partial charge in [0.05, 0.1) is 32.7 Å². The molecule has 0 amide bonds. The lowest BCUT2D eigenvalue weighted by atomic mass is 10.1. The summed E-state index contributed by atoms with van der Waals surface area (Å²) in [5.41, 5.74) is 15.3. The summed E-state index contributed by atoms with van der Waals surface area (Å²) in [4.78, 5) is 10.4. The Hall–Kier alpha value is -6.64. The second-order valence-corrected chi connectivity index (χ2v) is 15.8. The van der Waals surface area contributed by atoms with Gasteiger partial charge in [0.25, 0.3) is 0 Å². The molecular weight excluding hydrogens is 771 g/mol. The van der Waals surface area contributed by atoms with Crippen molar-refractivity contribution in [1.29, 1.82) is 0 Å². The fourth-order valence-electron chi connectivity index (χ4n) is 8.61. The Labute approximate surface area is 335 Å². The van der Waals surface area contributed by atoms with Crippen molar-refractivity contribution < 1.29 is 18.1 Å². The van der Waals surface area contributed by atoms with Gasteiger partial charge in [0.15, 0.2) is 0 Å². The van der Waals surface area contributed by atoms with E-state index in [1.807, 2.05) is 29.8 Å². The van der Waals surface area contributed by atoms with Crippen LogP contribution in [0.5, 0.6) is 0 Å². The van der Waals surface area contributed by atoms with E-state index in [1.165, 1.54) is 77.3 Å². The van der Waals surface area contributed by atoms with Crippen molar-refractivity contribution in [2.75, 3.05) is 0 Å². The number of hydrogen-bond acceptors (Lipinski definition) is 0. The van der Waals surface area contributed by atoms with Gasteiger partial charge in [0, 0.05) is 38.8 Å². The summed E-state index contributed by atoms with van der Waals surface area (Å²) in [6, 6.07) is 49.5. The monoisotopic (exact) mass is 809 g/mol. The van der Waals surface area contributed by atoms with Crippen molar-refractivity contribution in [1.82, 2.24) is 15.0 Å². The molecule has 0 spiro atoms. The largest absolute Gasteiger partial charge is 0.349 e. The van der Waals surface area contributed by atoms with E-state index >= 15 is 0 Å². The van der Waals surface area contributed by atoms with E-state index in [4.69, 9.17) is 0 Å². The molecule has 3 N–H and O–H groups in total. The van der Waals surface area contributed by atoms with Crippen LogP contribution in [0.4, 0.5) is 4.39 Å². The number of fused-ring (bicyclic) bond motifs is 12. The molecule has 12 rings (SSSR count). The summed E-state index contributed by atoms with van der Waals surface area (Å²) >= 11 is 3.54. The number of pyridine rings is 3. The first kappa shape index (κ1) is 34.8. The van der Waals surface area contributed by atoms with Crippen LogP contribution < -0.4 is 13.7 Å². The number of aromatic nitrogens is 6. The molecule has 6 aromatic carbocycles. The quantitative estimate of drug-likeness (QED) is 0.128. The third-order valence-corrected chi connectivity index (χ3v) is 11.8. The van der Waals surface area contributed by atoms with Crippen LogP contribution in [0.1, 0.15) is 5.56 Å².